The average Bonchev–Trinajstić information content (AvgIpc) is 2.53. The molecule has 2 aromatic rings. The highest BCUT2D eigenvalue weighted by Crippen LogP contribution is 2.28. The first-order valence-corrected chi connectivity index (χ1v) is 7.87. The number of Topliss-reactive ketones (excluding diaryl/α,β-unsaturated/α-hetero) is 1. The van der Waals surface area contributed by atoms with Gasteiger partial charge < -0.3 is 10.4 Å². The molecule has 0 saturated heterocycles. The molecule has 0 bridgehead atoms. The lowest BCUT2D eigenvalue weighted by molar-refractivity contribution is 0.0696. The summed E-state index contributed by atoms with van der Waals surface area (Å²) >= 11 is 0. The van der Waals surface area contributed by atoms with Gasteiger partial charge in [0, 0.05) is 17.5 Å². The lowest BCUT2D eigenvalue weighted by Crippen LogP contribution is -2.22. The standard InChI is InChI=1S/C19H22N2O3/c1-5-20-17-14(16(22)19(2,3)4)10-11-15(21-17)12-6-8-13(9-7-12)18(23)24/h6-11H,5H2,1-4H3,(H,20,21)(H,23,24). The van der Waals surface area contributed by atoms with Gasteiger partial charge in [0.15, 0.2) is 5.78 Å². The maximum atomic E-state index is 12.6. The van der Waals surface area contributed by atoms with Gasteiger partial charge in [-0.3, -0.25) is 4.79 Å². The van der Waals surface area contributed by atoms with Crippen LogP contribution in [0.1, 0.15) is 48.4 Å². The fourth-order valence-electron chi connectivity index (χ4n) is 2.29. The molecular formula is C19H22N2O3. The minimum atomic E-state index is -0.964. The van der Waals surface area contributed by atoms with E-state index in [9.17, 15) is 9.59 Å². The quantitative estimate of drug-likeness (QED) is 0.808. The minimum absolute atomic E-state index is 0.0266. The largest absolute Gasteiger partial charge is 0.478 e. The van der Waals surface area contributed by atoms with Crippen molar-refractivity contribution in [3.63, 3.8) is 0 Å². The monoisotopic (exact) mass is 326 g/mol. The predicted molar refractivity (Wildman–Crippen MR) is 94.6 cm³/mol. The summed E-state index contributed by atoms with van der Waals surface area (Å²) in [5.41, 5.74) is 1.79. The first-order chi connectivity index (χ1) is 11.2. The number of ketones is 1. The molecule has 5 heteroatoms. The van der Waals surface area contributed by atoms with Gasteiger partial charge in [0.1, 0.15) is 5.82 Å². The molecule has 24 heavy (non-hydrogen) atoms. The van der Waals surface area contributed by atoms with Crippen molar-refractivity contribution in [2.45, 2.75) is 27.7 Å². The van der Waals surface area contributed by atoms with Crippen molar-refractivity contribution in [3.05, 3.63) is 47.5 Å². The number of benzene rings is 1. The van der Waals surface area contributed by atoms with Crippen molar-refractivity contribution >= 4 is 17.6 Å². The van der Waals surface area contributed by atoms with E-state index >= 15 is 0 Å². The maximum absolute atomic E-state index is 12.6. The van der Waals surface area contributed by atoms with E-state index < -0.39 is 11.4 Å². The van der Waals surface area contributed by atoms with E-state index in [4.69, 9.17) is 5.11 Å². The van der Waals surface area contributed by atoms with Gasteiger partial charge in [-0.05, 0) is 31.2 Å². The summed E-state index contributed by atoms with van der Waals surface area (Å²) in [6.07, 6.45) is 0. The number of carbonyl (C=O) groups excluding carboxylic acids is 1. The number of carbonyl (C=O) groups is 2. The van der Waals surface area contributed by atoms with Crippen molar-refractivity contribution in [1.29, 1.82) is 0 Å². The number of hydrogen-bond acceptors (Lipinski definition) is 4. The molecule has 0 saturated carbocycles. The van der Waals surface area contributed by atoms with Crippen LogP contribution in [0.2, 0.25) is 0 Å². The van der Waals surface area contributed by atoms with Crippen molar-refractivity contribution in [3.8, 4) is 11.3 Å². The number of nitrogens with zero attached hydrogens (tertiary/aromatic N) is 1. The fourth-order valence-corrected chi connectivity index (χ4v) is 2.29. The highest BCUT2D eigenvalue weighted by molar-refractivity contribution is 6.04. The van der Waals surface area contributed by atoms with Crippen LogP contribution in [0.5, 0.6) is 0 Å². The molecule has 126 valence electrons. The van der Waals surface area contributed by atoms with Crippen LogP contribution in [0.25, 0.3) is 11.3 Å². The Labute approximate surface area is 141 Å². The molecule has 1 heterocycles. The smallest absolute Gasteiger partial charge is 0.335 e. The molecule has 0 radical (unpaired) electrons. The summed E-state index contributed by atoms with van der Waals surface area (Å²) in [6, 6.07) is 10.1. The van der Waals surface area contributed by atoms with Gasteiger partial charge in [-0.1, -0.05) is 32.9 Å². The van der Waals surface area contributed by atoms with E-state index in [2.05, 4.69) is 10.3 Å². The summed E-state index contributed by atoms with van der Waals surface area (Å²) in [7, 11) is 0. The van der Waals surface area contributed by atoms with Gasteiger partial charge in [0.25, 0.3) is 0 Å². The SMILES string of the molecule is CCNc1nc(-c2ccc(C(=O)O)cc2)ccc1C(=O)C(C)(C)C. The third-order valence-electron chi connectivity index (χ3n) is 3.59. The molecule has 1 aromatic carbocycles. The Morgan fingerprint density at radius 1 is 1.08 bits per heavy atom. The van der Waals surface area contributed by atoms with E-state index in [0.29, 0.717) is 23.6 Å². The van der Waals surface area contributed by atoms with E-state index in [-0.39, 0.29) is 11.3 Å². The topological polar surface area (TPSA) is 79.3 Å². The molecular weight excluding hydrogens is 304 g/mol. The van der Waals surface area contributed by atoms with E-state index in [1.54, 1.807) is 36.4 Å². The third kappa shape index (κ3) is 3.79. The first kappa shape index (κ1) is 17.7. The van der Waals surface area contributed by atoms with Crippen LogP contribution in [0.4, 0.5) is 5.82 Å². The molecule has 0 aliphatic heterocycles. The number of nitrogens with one attached hydrogen (secondary N) is 1. The molecule has 0 unspecified atom stereocenters. The number of carboxylic acids is 1. The van der Waals surface area contributed by atoms with Crippen molar-refractivity contribution in [2.24, 2.45) is 5.41 Å². The second kappa shape index (κ2) is 6.83. The zero-order valence-electron chi connectivity index (χ0n) is 14.4. The lowest BCUT2D eigenvalue weighted by Gasteiger charge is -2.19. The van der Waals surface area contributed by atoms with Crippen LogP contribution in [-0.2, 0) is 0 Å². The third-order valence-corrected chi connectivity index (χ3v) is 3.59. The number of anilines is 1. The number of aromatic nitrogens is 1. The Hall–Kier alpha value is -2.69. The Bertz CT molecular complexity index is 759. The molecule has 0 spiro atoms. The molecule has 0 atom stereocenters. The van der Waals surface area contributed by atoms with E-state index in [0.717, 1.165) is 5.56 Å². The van der Waals surface area contributed by atoms with Crippen LogP contribution in [0.15, 0.2) is 36.4 Å². The fraction of sp³-hybridized carbons (Fsp3) is 0.316. The highest BCUT2D eigenvalue weighted by Gasteiger charge is 2.26. The van der Waals surface area contributed by atoms with Crippen LogP contribution < -0.4 is 5.32 Å². The predicted octanol–water partition coefficient (Wildman–Crippen LogP) is 4.11. The summed E-state index contributed by atoms with van der Waals surface area (Å²) in [5, 5.41) is 12.1. The number of carboxylic acid groups (broad SMARTS) is 1. The first-order valence-electron chi connectivity index (χ1n) is 7.87. The summed E-state index contributed by atoms with van der Waals surface area (Å²) < 4.78 is 0. The average molecular weight is 326 g/mol. The molecule has 0 amide bonds. The Kier molecular flexibility index (Phi) is 5.02. The van der Waals surface area contributed by atoms with Gasteiger partial charge in [-0.25, -0.2) is 9.78 Å². The van der Waals surface area contributed by atoms with Crippen LogP contribution in [0, 0.1) is 5.41 Å². The zero-order valence-corrected chi connectivity index (χ0v) is 14.4. The summed E-state index contributed by atoms with van der Waals surface area (Å²) in [5.74, 6) is -0.384. The Morgan fingerprint density at radius 3 is 2.21 bits per heavy atom. The second-order valence-corrected chi connectivity index (χ2v) is 6.58. The maximum Gasteiger partial charge on any atom is 0.335 e. The molecule has 1 aromatic heterocycles. The van der Waals surface area contributed by atoms with Gasteiger partial charge in [0.2, 0.25) is 0 Å². The number of hydrogen-bond donors (Lipinski definition) is 2. The van der Waals surface area contributed by atoms with Gasteiger partial charge >= 0.3 is 5.97 Å². The van der Waals surface area contributed by atoms with E-state index in [1.165, 1.54) is 0 Å². The molecule has 5 nitrogen and oxygen atoms in total. The molecule has 0 fully saturated rings. The van der Waals surface area contributed by atoms with Gasteiger partial charge in [0.05, 0.1) is 16.8 Å². The second-order valence-electron chi connectivity index (χ2n) is 6.58. The van der Waals surface area contributed by atoms with Crippen LogP contribution in [0.3, 0.4) is 0 Å². The van der Waals surface area contributed by atoms with Crippen molar-refractivity contribution in [2.75, 3.05) is 11.9 Å². The van der Waals surface area contributed by atoms with Gasteiger partial charge in [-0.15, -0.1) is 0 Å². The number of rotatable bonds is 5. The normalized spacial score (nSPS) is 11.2. The van der Waals surface area contributed by atoms with Crippen LogP contribution >= 0.6 is 0 Å². The highest BCUT2D eigenvalue weighted by atomic mass is 16.4. The molecule has 2 N–H and O–H groups in total. The van der Waals surface area contributed by atoms with Crippen molar-refractivity contribution < 1.29 is 14.7 Å². The van der Waals surface area contributed by atoms with E-state index in [1.807, 2.05) is 27.7 Å². The Balaban J connectivity index is 2.45. The molecule has 2 rings (SSSR count). The lowest BCUT2D eigenvalue weighted by atomic mass is 9.86. The summed E-state index contributed by atoms with van der Waals surface area (Å²) in [6.45, 7) is 8.23. The summed E-state index contributed by atoms with van der Waals surface area (Å²) in [4.78, 5) is 28.1. The minimum Gasteiger partial charge on any atom is -0.478 e. The van der Waals surface area contributed by atoms with Crippen LogP contribution in [-0.4, -0.2) is 28.4 Å². The Morgan fingerprint density at radius 2 is 1.71 bits per heavy atom. The number of pyridine rings is 1. The zero-order chi connectivity index (χ0) is 17.9. The molecule has 0 aliphatic carbocycles. The van der Waals surface area contributed by atoms with Gasteiger partial charge in [-0.2, -0.15) is 0 Å². The van der Waals surface area contributed by atoms with Crippen molar-refractivity contribution in [1.82, 2.24) is 4.98 Å². The molecule has 0 aliphatic rings. The number of aromatic carboxylic acids is 1.